The van der Waals surface area contributed by atoms with Crippen molar-refractivity contribution in [1.29, 1.82) is 0 Å². The fraction of sp³-hybridized carbons (Fsp3) is 0.133. The van der Waals surface area contributed by atoms with Gasteiger partial charge in [-0.1, -0.05) is 0 Å². The van der Waals surface area contributed by atoms with Gasteiger partial charge in [-0.3, -0.25) is 4.79 Å². The maximum absolute atomic E-state index is 13.3. The van der Waals surface area contributed by atoms with Crippen molar-refractivity contribution in [1.82, 2.24) is 0 Å². The molecular formula is C15H15FN2O3. The largest absolute Gasteiger partial charge is 0.497 e. The van der Waals surface area contributed by atoms with E-state index in [1.165, 1.54) is 32.4 Å². The van der Waals surface area contributed by atoms with Gasteiger partial charge in [0.05, 0.1) is 25.6 Å². The van der Waals surface area contributed by atoms with Gasteiger partial charge in [-0.15, -0.1) is 0 Å². The summed E-state index contributed by atoms with van der Waals surface area (Å²) in [4.78, 5) is 12.1. The number of nitrogens with two attached hydrogens (primary N) is 1. The Bertz CT molecular complexity index is 674. The molecule has 2 aromatic carbocycles. The molecule has 0 saturated heterocycles. The molecule has 2 rings (SSSR count). The Morgan fingerprint density at radius 2 is 1.90 bits per heavy atom. The highest BCUT2D eigenvalue weighted by Crippen LogP contribution is 2.25. The van der Waals surface area contributed by atoms with Gasteiger partial charge in [-0.05, 0) is 30.3 Å². The molecule has 5 nitrogen and oxygen atoms in total. The quantitative estimate of drug-likeness (QED) is 0.849. The smallest absolute Gasteiger partial charge is 0.255 e. The zero-order valence-electron chi connectivity index (χ0n) is 11.6. The van der Waals surface area contributed by atoms with Gasteiger partial charge in [0.1, 0.15) is 5.75 Å². The minimum Gasteiger partial charge on any atom is -0.497 e. The molecule has 0 saturated carbocycles. The Labute approximate surface area is 121 Å². The Morgan fingerprint density at radius 1 is 1.14 bits per heavy atom. The van der Waals surface area contributed by atoms with Crippen LogP contribution >= 0.6 is 0 Å². The van der Waals surface area contributed by atoms with Gasteiger partial charge in [-0.2, -0.15) is 0 Å². The van der Waals surface area contributed by atoms with E-state index in [4.69, 9.17) is 15.2 Å². The van der Waals surface area contributed by atoms with Crippen LogP contribution in [0.1, 0.15) is 10.4 Å². The molecule has 6 heteroatoms. The number of ether oxygens (including phenoxy) is 2. The van der Waals surface area contributed by atoms with E-state index in [1.807, 2.05) is 0 Å². The maximum Gasteiger partial charge on any atom is 0.255 e. The summed E-state index contributed by atoms with van der Waals surface area (Å²) in [6.45, 7) is 0. The van der Waals surface area contributed by atoms with Crippen LogP contribution in [-0.2, 0) is 0 Å². The lowest BCUT2D eigenvalue weighted by atomic mass is 10.2. The lowest BCUT2D eigenvalue weighted by Gasteiger charge is -2.10. The van der Waals surface area contributed by atoms with Gasteiger partial charge in [0, 0.05) is 11.6 Å². The summed E-state index contributed by atoms with van der Waals surface area (Å²) < 4.78 is 23.2. The van der Waals surface area contributed by atoms with E-state index >= 15 is 0 Å². The lowest BCUT2D eigenvalue weighted by molar-refractivity contribution is 0.102. The number of rotatable bonds is 4. The molecule has 1 amide bonds. The summed E-state index contributed by atoms with van der Waals surface area (Å²) in [6.07, 6.45) is 0. The number of halogens is 1. The van der Waals surface area contributed by atoms with Crippen LogP contribution in [0.3, 0.4) is 0 Å². The average Bonchev–Trinajstić information content (AvgIpc) is 2.49. The Hall–Kier alpha value is -2.76. The van der Waals surface area contributed by atoms with E-state index < -0.39 is 11.7 Å². The first kappa shape index (κ1) is 14.6. The highest BCUT2D eigenvalue weighted by Gasteiger charge is 2.12. The normalized spacial score (nSPS) is 10.0. The summed E-state index contributed by atoms with van der Waals surface area (Å²) in [7, 11) is 2.86. The number of carbonyl (C=O) groups excluding carboxylic acids is 1. The van der Waals surface area contributed by atoms with E-state index in [1.54, 1.807) is 18.2 Å². The van der Waals surface area contributed by atoms with E-state index in [9.17, 15) is 9.18 Å². The number of nitrogen functional groups attached to an aromatic ring is 1. The summed E-state index contributed by atoms with van der Waals surface area (Å²) in [5.41, 5.74) is 6.91. The second kappa shape index (κ2) is 6.13. The predicted octanol–water partition coefficient (Wildman–Crippen LogP) is 2.68. The highest BCUT2D eigenvalue weighted by atomic mass is 19.1. The molecule has 0 spiro atoms. The van der Waals surface area contributed by atoms with Crippen molar-refractivity contribution >= 4 is 17.3 Å². The van der Waals surface area contributed by atoms with Crippen molar-refractivity contribution in [3.63, 3.8) is 0 Å². The maximum atomic E-state index is 13.3. The van der Waals surface area contributed by atoms with Gasteiger partial charge < -0.3 is 20.5 Å². The average molecular weight is 290 g/mol. The number of methoxy groups -OCH3 is 2. The molecular weight excluding hydrogens is 275 g/mol. The molecule has 0 aromatic heterocycles. The molecule has 0 bridgehead atoms. The molecule has 21 heavy (non-hydrogen) atoms. The molecule has 2 aromatic rings. The molecule has 0 unspecified atom stereocenters. The third-order valence-electron chi connectivity index (χ3n) is 2.92. The zero-order chi connectivity index (χ0) is 15.4. The third kappa shape index (κ3) is 3.22. The fourth-order valence-electron chi connectivity index (χ4n) is 1.78. The van der Waals surface area contributed by atoms with E-state index in [0.717, 1.165) is 0 Å². The fourth-order valence-corrected chi connectivity index (χ4v) is 1.78. The number of benzene rings is 2. The topological polar surface area (TPSA) is 73.6 Å². The van der Waals surface area contributed by atoms with E-state index in [-0.39, 0.29) is 11.3 Å². The van der Waals surface area contributed by atoms with Crippen LogP contribution < -0.4 is 20.5 Å². The molecule has 0 aliphatic carbocycles. The van der Waals surface area contributed by atoms with Crippen molar-refractivity contribution in [2.24, 2.45) is 0 Å². The van der Waals surface area contributed by atoms with Crippen molar-refractivity contribution in [3.8, 4) is 11.5 Å². The third-order valence-corrected chi connectivity index (χ3v) is 2.92. The molecule has 0 fully saturated rings. The number of anilines is 2. The summed E-state index contributed by atoms with van der Waals surface area (Å²) in [5, 5.41) is 2.65. The zero-order valence-corrected chi connectivity index (χ0v) is 11.6. The van der Waals surface area contributed by atoms with E-state index in [0.29, 0.717) is 17.1 Å². The molecule has 0 heterocycles. The van der Waals surface area contributed by atoms with Crippen LogP contribution in [0, 0.1) is 5.82 Å². The van der Waals surface area contributed by atoms with Gasteiger partial charge in [0.15, 0.2) is 11.6 Å². The predicted molar refractivity (Wildman–Crippen MR) is 78.3 cm³/mol. The van der Waals surface area contributed by atoms with Crippen LogP contribution in [0.4, 0.5) is 15.8 Å². The molecule has 0 aliphatic rings. The number of hydrogen-bond donors (Lipinski definition) is 2. The number of carbonyl (C=O) groups is 1. The number of amides is 1. The first-order valence-corrected chi connectivity index (χ1v) is 6.13. The van der Waals surface area contributed by atoms with Crippen LogP contribution in [0.25, 0.3) is 0 Å². The van der Waals surface area contributed by atoms with Gasteiger partial charge >= 0.3 is 0 Å². The summed E-state index contributed by atoms with van der Waals surface area (Å²) in [5.74, 6) is -0.345. The van der Waals surface area contributed by atoms with Crippen molar-refractivity contribution in [2.45, 2.75) is 0 Å². The Morgan fingerprint density at radius 3 is 2.52 bits per heavy atom. The standard InChI is InChI=1S/C15H15FN2O3/c1-20-10-4-6-13(12(17)8-10)18-15(19)9-3-5-11(16)14(7-9)21-2/h3-8H,17H2,1-2H3,(H,18,19). The molecule has 0 atom stereocenters. The van der Waals surface area contributed by atoms with Crippen LogP contribution in [0.5, 0.6) is 11.5 Å². The summed E-state index contributed by atoms with van der Waals surface area (Å²) in [6, 6.07) is 8.77. The van der Waals surface area contributed by atoms with E-state index in [2.05, 4.69) is 5.32 Å². The first-order valence-electron chi connectivity index (χ1n) is 6.13. The molecule has 0 radical (unpaired) electrons. The Balaban J connectivity index is 2.22. The van der Waals surface area contributed by atoms with Crippen LogP contribution in [-0.4, -0.2) is 20.1 Å². The van der Waals surface area contributed by atoms with Gasteiger partial charge in [-0.25, -0.2) is 4.39 Å². The minimum atomic E-state index is -0.530. The van der Waals surface area contributed by atoms with Crippen molar-refractivity contribution in [2.75, 3.05) is 25.3 Å². The monoisotopic (exact) mass is 290 g/mol. The Kier molecular flexibility index (Phi) is 4.27. The highest BCUT2D eigenvalue weighted by molar-refractivity contribution is 6.06. The van der Waals surface area contributed by atoms with Gasteiger partial charge in [0.2, 0.25) is 0 Å². The molecule has 3 N–H and O–H groups in total. The van der Waals surface area contributed by atoms with Crippen LogP contribution in [0.15, 0.2) is 36.4 Å². The van der Waals surface area contributed by atoms with Crippen molar-refractivity contribution < 1.29 is 18.7 Å². The van der Waals surface area contributed by atoms with Crippen molar-refractivity contribution in [3.05, 3.63) is 47.8 Å². The SMILES string of the molecule is COc1ccc(NC(=O)c2ccc(F)c(OC)c2)c(N)c1. The number of hydrogen-bond acceptors (Lipinski definition) is 4. The van der Waals surface area contributed by atoms with Gasteiger partial charge in [0.25, 0.3) is 5.91 Å². The first-order chi connectivity index (χ1) is 10.0. The summed E-state index contributed by atoms with van der Waals surface area (Å²) >= 11 is 0. The lowest BCUT2D eigenvalue weighted by Crippen LogP contribution is -2.13. The second-order valence-electron chi connectivity index (χ2n) is 4.26. The number of nitrogens with one attached hydrogen (secondary N) is 1. The molecule has 110 valence electrons. The van der Waals surface area contributed by atoms with Crippen LogP contribution in [0.2, 0.25) is 0 Å². The minimum absolute atomic E-state index is 0.00496. The second-order valence-corrected chi connectivity index (χ2v) is 4.26. The molecule has 0 aliphatic heterocycles.